The molecule has 2 rings (SSSR count). The number of aryl methyl sites for hydroxylation is 1. The average Bonchev–Trinajstić information content (AvgIpc) is 2.60. The fourth-order valence-corrected chi connectivity index (χ4v) is 2.25. The summed E-state index contributed by atoms with van der Waals surface area (Å²) < 4.78 is 5.20. The van der Waals surface area contributed by atoms with Crippen molar-refractivity contribution in [2.45, 2.75) is 33.4 Å². The Hall–Kier alpha value is -3.15. The predicted octanol–water partition coefficient (Wildman–Crippen LogP) is 2.82. The van der Waals surface area contributed by atoms with E-state index >= 15 is 0 Å². The highest BCUT2D eigenvalue weighted by molar-refractivity contribution is 5.95. The Morgan fingerprint density at radius 1 is 1.08 bits per heavy atom. The van der Waals surface area contributed by atoms with E-state index in [1.807, 2.05) is 31.2 Å². The zero-order valence-electron chi connectivity index (χ0n) is 15.0. The smallest absolute Gasteiger partial charge is 0.338 e. The van der Waals surface area contributed by atoms with Gasteiger partial charge in [0.05, 0.1) is 5.56 Å². The highest BCUT2D eigenvalue weighted by atomic mass is 16.5. The van der Waals surface area contributed by atoms with Gasteiger partial charge in [-0.1, -0.05) is 35.9 Å². The van der Waals surface area contributed by atoms with Crippen molar-refractivity contribution in [1.82, 2.24) is 5.32 Å². The summed E-state index contributed by atoms with van der Waals surface area (Å²) in [4.78, 5) is 35.4. The van der Waals surface area contributed by atoms with Gasteiger partial charge in [0.1, 0.15) is 0 Å². The van der Waals surface area contributed by atoms with Gasteiger partial charge in [-0.2, -0.15) is 0 Å². The van der Waals surface area contributed by atoms with Crippen LogP contribution in [0.25, 0.3) is 0 Å². The number of rotatable bonds is 6. The maximum absolute atomic E-state index is 12.2. The quantitative estimate of drug-likeness (QED) is 0.781. The molecule has 136 valence electrons. The fourth-order valence-electron chi connectivity index (χ4n) is 2.25. The maximum atomic E-state index is 12.2. The lowest BCUT2D eigenvalue weighted by molar-refractivity contribution is -0.129. The summed E-state index contributed by atoms with van der Waals surface area (Å²) in [5, 5.41) is 5.33. The average molecular weight is 354 g/mol. The molecule has 2 amide bonds. The molecule has 1 unspecified atom stereocenters. The second-order valence-corrected chi connectivity index (χ2v) is 6.01. The molecular weight excluding hydrogens is 332 g/mol. The normalized spacial score (nSPS) is 11.3. The van der Waals surface area contributed by atoms with Crippen LogP contribution in [0.4, 0.5) is 5.69 Å². The van der Waals surface area contributed by atoms with Crippen molar-refractivity contribution < 1.29 is 19.1 Å². The molecule has 2 aromatic carbocycles. The first kappa shape index (κ1) is 19.2. The Kier molecular flexibility index (Phi) is 6.49. The summed E-state index contributed by atoms with van der Waals surface area (Å²) >= 11 is 0. The molecule has 0 radical (unpaired) electrons. The van der Waals surface area contributed by atoms with Crippen LogP contribution in [0.1, 0.15) is 35.3 Å². The molecule has 0 fully saturated rings. The number of nitrogens with one attached hydrogen (secondary N) is 2. The second-order valence-electron chi connectivity index (χ2n) is 6.01. The van der Waals surface area contributed by atoms with Crippen molar-refractivity contribution in [3.8, 4) is 0 Å². The van der Waals surface area contributed by atoms with Gasteiger partial charge < -0.3 is 15.4 Å². The topological polar surface area (TPSA) is 84.5 Å². The van der Waals surface area contributed by atoms with Gasteiger partial charge in [-0.3, -0.25) is 9.59 Å². The molecule has 0 heterocycles. The van der Waals surface area contributed by atoms with E-state index in [-0.39, 0.29) is 17.4 Å². The number of carbonyl (C=O) groups excluding carboxylic acids is 3. The van der Waals surface area contributed by atoms with Crippen molar-refractivity contribution in [2.75, 3.05) is 5.32 Å². The minimum absolute atomic E-state index is 0.237. The Balaban J connectivity index is 1.90. The molecule has 0 saturated heterocycles. The van der Waals surface area contributed by atoms with Crippen LogP contribution < -0.4 is 10.6 Å². The number of anilines is 1. The largest absolute Gasteiger partial charge is 0.449 e. The number of esters is 1. The highest BCUT2D eigenvalue weighted by Gasteiger charge is 2.19. The number of carbonyl (C=O) groups is 3. The first-order chi connectivity index (χ1) is 12.3. The van der Waals surface area contributed by atoms with Gasteiger partial charge in [-0.15, -0.1) is 0 Å². The van der Waals surface area contributed by atoms with Gasteiger partial charge in [-0.25, -0.2) is 4.79 Å². The molecule has 0 aliphatic heterocycles. The molecule has 0 aliphatic rings. The van der Waals surface area contributed by atoms with Crippen LogP contribution in [0.2, 0.25) is 0 Å². The lowest BCUT2D eigenvalue weighted by Gasteiger charge is -2.14. The maximum Gasteiger partial charge on any atom is 0.338 e. The molecule has 6 nitrogen and oxygen atoms in total. The molecule has 6 heteroatoms. The lowest BCUT2D eigenvalue weighted by atomic mass is 10.1. The van der Waals surface area contributed by atoms with Crippen molar-refractivity contribution in [2.24, 2.45) is 0 Å². The van der Waals surface area contributed by atoms with Crippen LogP contribution in [0.5, 0.6) is 0 Å². The van der Waals surface area contributed by atoms with Crippen molar-refractivity contribution in [1.29, 1.82) is 0 Å². The molecule has 1 atom stereocenters. The van der Waals surface area contributed by atoms with Gasteiger partial charge in [0.15, 0.2) is 6.10 Å². The van der Waals surface area contributed by atoms with E-state index in [2.05, 4.69) is 10.6 Å². The number of ether oxygens (including phenoxy) is 1. The van der Waals surface area contributed by atoms with Crippen molar-refractivity contribution in [3.05, 3.63) is 65.2 Å². The summed E-state index contributed by atoms with van der Waals surface area (Å²) in [6.45, 7) is 5.25. The van der Waals surface area contributed by atoms with E-state index in [0.29, 0.717) is 12.2 Å². The first-order valence-corrected chi connectivity index (χ1v) is 8.27. The standard InChI is InChI=1S/C20H22N2O4/c1-13-7-9-16(10-8-13)12-21-19(24)14(2)26-20(25)17-5-4-6-18(11-17)22-15(3)23/h4-11,14H,12H2,1-3H3,(H,21,24)(H,22,23). The third kappa shape index (κ3) is 5.73. The summed E-state index contributed by atoms with van der Waals surface area (Å²) in [5.74, 6) is -1.24. The van der Waals surface area contributed by atoms with Crippen LogP contribution in [0.15, 0.2) is 48.5 Å². The van der Waals surface area contributed by atoms with Gasteiger partial charge in [0, 0.05) is 19.2 Å². The number of amides is 2. The zero-order chi connectivity index (χ0) is 19.1. The summed E-state index contributed by atoms with van der Waals surface area (Å²) in [6.07, 6.45) is -0.933. The lowest BCUT2D eigenvalue weighted by Crippen LogP contribution is -2.35. The monoisotopic (exact) mass is 354 g/mol. The van der Waals surface area contributed by atoms with Crippen LogP contribution in [-0.4, -0.2) is 23.9 Å². The van der Waals surface area contributed by atoms with Gasteiger partial charge in [0.2, 0.25) is 5.91 Å². The molecule has 0 aromatic heterocycles. The van der Waals surface area contributed by atoms with E-state index < -0.39 is 12.1 Å². The van der Waals surface area contributed by atoms with Gasteiger partial charge in [0.25, 0.3) is 5.91 Å². The number of benzene rings is 2. The first-order valence-electron chi connectivity index (χ1n) is 8.27. The van der Waals surface area contributed by atoms with Crippen LogP contribution in [0, 0.1) is 6.92 Å². The molecule has 0 saturated carbocycles. The number of hydrogen-bond acceptors (Lipinski definition) is 4. The van der Waals surface area contributed by atoms with E-state index in [9.17, 15) is 14.4 Å². The summed E-state index contributed by atoms with van der Waals surface area (Å²) in [7, 11) is 0. The molecule has 0 bridgehead atoms. The zero-order valence-corrected chi connectivity index (χ0v) is 15.0. The Bertz CT molecular complexity index is 800. The fraction of sp³-hybridized carbons (Fsp3) is 0.250. The van der Waals surface area contributed by atoms with Crippen molar-refractivity contribution in [3.63, 3.8) is 0 Å². The summed E-state index contributed by atoms with van der Waals surface area (Å²) in [5.41, 5.74) is 2.85. The third-order valence-corrected chi connectivity index (χ3v) is 3.66. The molecule has 0 aliphatic carbocycles. The van der Waals surface area contributed by atoms with E-state index in [1.165, 1.54) is 19.9 Å². The Labute approximate surface area is 152 Å². The van der Waals surface area contributed by atoms with Crippen molar-refractivity contribution >= 4 is 23.5 Å². The van der Waals surface area contributed by atoms with E-state index in [0.717, 1.165) is 11.1 Å². The minimum Gasteiger partial charge on any atom is -0.449 e. The Morgan fingerprint density at radius 2 is 1.77 bits per heavy atom. The minimum atomic E-state index is -0.933. The second kappa shape index (κ2) is 8.80. The molecular formula is C20H22N2O4. The van der Waals surface area contributed by atoms with Gasteiger partial charge >= 0.3 is 5.97 Å². The summed E-state index contributed by atoms with van der Waals surface area (Å²) in [6, 6.07) is 14.1. The van der Waals surface area contributed by atoms with Crippen LogP contribution in [0.3, 0.4) is 0 Å². The molecule has 2 N–H and O–H groups in total. The Morgan fingerprint density at radius 3 is 2.42 bits per heavy atom. The molecule has 0 spiro atoms. The van der Waals surface area contributed by atoms with E-state index in [4.69, 9.17) is 4.74 Å². The highest BCUT2D eigenvalue weighted by Crippen LogP contribution is 2.12. The molecule has 26 heavy (non-hydrogen) atoms. The third-order valence-electron chi connectivity index (χ3n) is 3.66. The van der Waals surface area contributed by atoms with Crippen LogP contribution >= 0.6 is 0 Å². The SMILES string of the molecule is CC(=O)Nc1cccc(C(=O)OC(C)C(=O)NCc2ccc(C)cc2)c1. The predicted molar refractivity (Wildman–Crippen MR) is 98.6 cm³/mol. The molecule has 2 aromatic rings. The van der Waals surface area contributed by atoms with E-state index in [1.54, 1.807) is 18.2 Å². The van der Waals surface area contributed by atoms with Gasteiger partial charge in [-0.05, 0) is 37.6 Å². The number of hydrogen-bond donors (Lipinski definition) is 2. The van der Waals surface area contributed by atoms with Crippen LogP contribution in [-0.2, 0) is 20.9 Å².